The van der Waals surface area contributed by atoms with Gasteiger partial charge in [0.25, 0.3) is 0 Å². The summed E-state index contributed by atoms with van der Waals surface area (Å²) in [5.74, 6) is 2.97. The molecule has 2 nitrogen and oxygen atoms in total. The summed E-state index contributed by atoms with van der Waals surface area (Å²) >= 11 is 0. The van der Waals surface area contributed by atoms with E-state index in [0.29, 0.717) is 23.7 Å². The zero-order chi connectivity index (χ0) is 23.7. The highest BCUT2D eigenvalue weighted by Crippen LogP contribution is 2.73. The van der Waals surface area contributed by atoms with Crippen LogP contribution in [0.2, 0.25) is 0 Å². The zero-order valence-electron chi connectivity index (χ0n) is 22.1. The fraction of sp³-hybridized carbons (Fsp3) is 0.867. The normalized spacial score (nSPS) is 48.1. The summed E-state index contributed by atoms with van der Waals surface area (Å²) in [4.78, 5) is 0. The summed E-state index contributed by atoms with van der Waals surface area (Å²) in [7, 11) is 0. The molecule has 0 aromatic rings. The summed E-state index contributed by atoms with van der Waals surface area (Å²) in [5, 5.41) is 22.5. The lowest BCUT2D eigenvalue weighted by atomic mass is 9.38. The molecule has 2 heteroatoms. The number of fused-ring (bicyclic) bond motifs is 5. The Balaban J connectivity index is 1.66. The smallest absolute Gasteiger partial charge is 0.0809 e. The summed E-state index contributed by atoms with van der Waals surface area (Å²) < 4.78 is 0. The molecule has 9 atom stereocenters. The first kappa shape index (κ1) is 24.5. The highest BCUT2D eigenvalue weighted by atomic mass is 16.3. The van der Waals surface area contributed by atoms with E-state index >= 15 is 0 Å². The van der Waals surface area contributed by atoms with Crippen LogP contribution in [0.1, 0.15) is 100 Å². The third kappa shape index (κ3) is 3.33. The van der Waals surface area contributed by atoms with E-state index in [2.05, 4.69) is 67.5 Å². The van der Waals surface area contributed by atoms with Gasteiger partial charge in [-0.05, 0) is 66.1 Å². The standard InChI is InChI=1S/C30H50O2/c1-19(2)10-9-11-20(3)21-12-16-30(8)26(21)22(31)18-24-28(6)15-14-25(32)27(4,5)23(28)13-17-29(24,30)7/h13-15,19-22,24-26,31-32H,9-12,16-18H2,1-8H3/t20-,21-,22+,24-,25?,26-,28+,29-,30+/m1/s1. The van der Waals surface area contributed by atoms with Crippen LogP contribution in [0.5, 0.6) is 0 Å². The van der Waals surface area contributed by atoms with Crippen molar-refractivity contribution in [3.8, 4) is 0 Å². The van der Waals surface area contributed by atoms with Crippen molar-refractivity contribution in [2.45, 2.75) is 113 Å². The van der Waals surface area contributed by atoms with E-state index in [1.165, 1.54) is 37.7 Å². The van der Waals surface area contributed by atoms with Crippen LogP contribution in [0, 0.1) is 51.2 Å². The van der Waals surface area contributed by atoms with Gasteiger partial charge in [-0.25, -0.2) is 0 Å². The van der Waals surface area contributed by atoms with Crippen molar-refractivity contribution < 1.29 is 10.2 Å². The molecular weight excluding hydrogens is 392 g/mol. The molecule has 2 N–H and O–H groups in total. The Kier molecular flexibility index (Phi) is 6.11. The van der Waals surface area contributed by atoms with Crippen LogP contribution < -0.4 is 0 Å². The molecule has 4 aliphatic carbocycles. The van der Waals surface area contributed by atoms with E-state index in [0.717, 1.165) is 18.8 Å². The third-order valence-electron chi connectivity index (χ3n) is 11.4. The number of allylic oxidation sites excluding steroid dienone is 2. The monoisotopic (exact) mass is 442 g/mol. The van der Waals surface area contributed by atoms with Crippen molar-refractivity contribution in [1.29, 1.82) is 0 Å². The molecule has 2 fully saturated rings. The lowest BCUT2D eigenvalue weighted by molar-refractivity contribution is -0.168. The number of aliphatic hydroxyl groups excluding tert-OH is 2. The van der Waals surface area contributed by atoms with Crippen LogP contribution in [0.4, 0.5) is 0 Å². The number of hydrogen-bond donors (Lipinski definition) is 2. The first-order valence-electron chi connectivity index (χ1n) is 13.6. The fourth-order valence-electron chi connectivity index (χ4n) is 9.27. The van der Waals surface area contributed by atoms with E-state index in [-0.39, 0.29) is 27.8 Å². The third-order valence-corrected chi connectivity index (χ3v) is 11.4. The van der Waals surface area contributed by atoms with Gasteiger partial charge in [-0.15, -0.1) is 0 Å². The summed E-state index contributed by atoms with van der Waals surface area (Å²) in [6, 6.07) is 0. The minimum absolute atomic E-state index is 0.0777. The van der Waals surface area contributed by atoms with Crippen LogP contribution in [0.15, 0.2) is 23.8 Å². The van der Waals surface area contributed by atoms with Gasteiger partial charge in [0.15, 0.2) is 0 Å². The van der Waals surface area contributed by atoms with Crippen molar-refractivity contribution in [1.82, 2.24) is 0 Å². The van der Waals surface area contributed by atoms with Crippen molar-refractivity contribution in [3.63, 3.8) is 0 Å². The molecule has 0 amide bonds. The van der Waals surface area contributed by atoms with Crippen LogP contribution in [-0.2, 0) is 0 Å². The molecule has 0 saturated heterocycles. The number of aliphatic hydroxyl groups is 2. The molecule has 0 aliphatic heterocycles. The first-order chi connectivity index (χ1) is 14.8. The molecule has 0 heterocycles. The quantitative estimate of drug-likeness (QED) is 0.443. The number of hydrogen-bond acceptors (Lipinski definition) is 2. The van der Waals surface area contributed by atoms with Crippen molar-refractivity contribution in [3.05, 3.63) is 23.8 Å². The Hall–Kier alpha value is -0.600. The Bertz CT molecular complexity index is 778. The molecule has 4 aliphatic rings. The molecule has 32 heavy (non-hydrogen) atoms. The van der Waals surface area contributed by atoms with Gasteiger partial charge in [-0.1, -0.05) is 98.5 Å². The largest absolute Gasteiger partial charge is 0.393 e. The van der Waals surface area contributed by atoms with Crippen LogP contribution in [0.25, 0.3) is 0 Å². The van der Waals surface area contributed by atoms with Crippen LogP contribution >= 0.6 is 0 Å². The van der Waals surface area contributed by atoms with E-state index in [9.17, 15) is 10.2 Å². The van der Waals surface area contributed by atoms with Gasteiger partial charge in [-0.2, -0.15) is 0 Å². The van der Waals surface area contributed by atoms with Gasteiger partial charge in [0, 0.05) is 10.8 Å². The molecule has 0 aromatic carbocycles. The SMILES string of the molecule is CC(C)CCC[C@@H](C)[C@H]1CC[C@@]2(C)[C@H]1[C@@H](O)C[C@@H]1[C@@]3(C)C=CC(O)C(C)(C)C3=CC[C@]12C. The van der Waals surface area contributed by atoms with Gasteiger partial charge in [-0.3, -0.25) is 0 Å². The Morgan fingerprint density at radius 2 is 1.69 bits per heavy atom. The van der Waals surface area contributed by atoms with Crippen molar-refractivity contribution >= 4 is 0 Å². The minimum Gasteiger partial charge on any atom is -0.393 e. The van der Waals surface area contributed by atoms with Gasteiger partial charge >= 0.3 is 0 Å². The van der Waals surface area contributed by atoms with Gasteiger partial charge in [0.2, 0.25) is 0 Å². The van der Waals surface area contributed by atoms with Gasteiger partial charge in [0.1, 0.15) is 0 Å². The predicted molar refractivity (Wildman–Crippen MR) is 134 cm³/mol. The molecular formula is C30H50O2. The Labute approximate surface area is 198 Å². The molecule has 182 valence electrons. The molecule has 0 radical (unpaired) electrons. The second-order valence-electron chi connectivity index (χ2n) is 13.9. The van der Waals surface area contributed by atoms with Crippen LogP contribution in [0.3, 0.4) is 0 Å². The second kappa shape index (κ2) is 7.98. The maximum absolute atomic E-state index is 11.7. The Morgan fingerprint density at radius 1 is 1.00 bits per heavy atom. The average Bonchev–Trinajstić information content (AvgIpc) is 3.07. The zero-order valence-corrected chi connectivity index (χ0v) is 22.1. The molecule has 0 bridgehead atoms. The first-order valence-corrected chi connectivity index (χ1v) is 13.6. The predicted octanol–water partition coefficient (Wildman–Crippen LogP) is 7.16. The number of rotatable bonds is 5. The van der Waals surface area contributed by atoms with E-state index < -0.39 is 6.10 Å². The molecule has 2 saturated carbocycles. The summed E-state index contributed by atoms with van der Waals surface area (Å²) in [6.07, 6.45) is 14.7. The summed E-state index contributed by atoms with van der Waals surface area (Å²) in [6.45, 7) is 19.0. The Morgan fingerprint density at radius 3 is 2.34 bits per heavy atom. The topological polar surface area (TPSA) is 40.5 Å². The second-order valence-corrected chi connectivity index (χ2v) is 13.9. The van der Waals surface area contributed by atoms with Crippen molar-refractivity contribution in [2.75, 3.05) is 0 Å². The highest BCUT2D eigenvalue weighted by molar-refractivity contribution is 5.40. The van der Waals surface area contributed by atoms with Crippen molar-refractivity contribution in [2.24, 2.45) is 51.2 Å². The molecule has 4 rings (SSSR count). The fourth-order valence-corrected chi connectivity index (χ4v) is 9.27. The van der Waals surface area contributed by atoms with E-state index in [4.69, 9.17) is 0 Å². The van der Waals surface area contributed by atoms with E-state index in [1.54, 1.807) is 0 Å². The van der Waals surface area contributed by atoms with E-state index in [1.807, 2.05) is 6.08 Å². The van der Waals surface area contributed by atoms with Gasteiger partial charge in [0.05, 0.1) is 12.2 Å². The maximum atomic E-state index is 11.7. The molecule has 1 unspecified atom stereocenters. The van der Waals surface area contributed by atoms with Crippen LogP contribution in [-0.4, -0.2) is 22.4 Å². The molecule has 0 aromatic heterocycles. The minimum atomic E-state index is -0.425. The maximum Gasteiger partial charge on any atom is 0.0809 e. The lowest BCUT2D eigenvalue weighted by Crippen LogP contribution is -2.62. The summed E-state index contributed by atoms with van der Waals surface area (Å²) in [5.41, 5.74) is 1.44. The highest BCUT2D eigenvalue weighted by Gasteiger charge is 2.68. The molecule has 0 spiro atoms. The van der Waals surface area contributed by atoms with Gasteiger partial charge < -0.3 is 10.2 Å². The average molecular weight is 443 g/mol. The lowest BCUT2D eigenvalue weighted by Gasteiger charge is -2.66.